The van der Waals surface area contributed by atoms with Gasteiger partial charge in [0.25, 0.3) is 0 Å². The summed E-state index contributed by atoms with van der Waals surface area (Å²) in [6.45, 7) is 50.3. The van der Waals surface area contributed by atoms with Crippen molar-refractivity contribution in [3.63, 3.8) is 0 Å². The molecule has 56 heavy (non-hydrogen) atoms. The lowest BCUT2D eigenvalue weighted by atomic mass is 9.45. The second-order valence-electron chi connectivity index (χ2n) is 19.1. The topological polar surface area (TPSA) is 0 Å². The van der Waals surface area contributed by atoms with Crippen molar-refractivity contribution < 1.29 is 0 Å². The van der Waals surface area contributed by atoms with Crippen molar-refractivity contribution >= 4 is 0 Å². The van der Waals surface area contributed by atoms with Gasteiger partial charge in [0.05, 0.1) is 0 Å². The van der Waals surface area contributed by atoms with E-state index in [2.05, 4.69) is 95.4 Å². The summed E-state index contributed by atoms with van der Waals surface area (Å²) < 4.78 is 0. The van der Waals surface area contributed by atoms with Crippen molar-refractivity contribution in [3.8, 4) is 0 Å². The number of rotatable bonds is 16. The van der Waals surface area contributed by atoms with Gasteiger partial charge in [0, 0.05) is 0 Å². The number of allylic oxidation sites excluding steroid dienone is 4. The number of unbranched alkanes of at least 4 members (excludes halogenated alkanes) is 5. The molecule has 3 fully saturated rings. The fourth-order valence-electron chi connectivity index (χ4n) is 10.9. The second-order valence-corrected chi connectivity index (χ2v) is 19.1. The quantitative estimate of drug-likeness (QED) is 0.108. The fraction of sp³-hybridized carbons (Fsp3) is 0.893. The van der Waals surface area contributed by atoms with E-state index >= 15 is 0 Å². The van der Waals surface area contributed by atoms with Gasteiger partial charge in [-0.05, 0) is 143 Å². The summed E-state index contributed by atoms with van der Waals surface area (Å²) in [4.78, 5) is 0. The van der Waals surface area contributed by atoms with Crippen LogP contribution in [-0.4, -0.2) is 0 Å². The zero-order valence-electron chi connectivity index (χ0n) is 43.0. The van der Waals surface area contributed by atoms with Gasteiger partial charge in [0.2, 0.25) is 0 Å². The van der Waals surface area contributed by atoms with Crippen LogP contribution >= 0.6 is 0 Å². The molecule has 4 aliphatic carbocycles. The van der Waals surface area contributed by atoms with E-state index in [1.54, 1.807) is 0 Å². The van der Waals surface area contributed by atoms with E-state index < -0.39 is 0 Å². The van der Waals surface area contributed by atoms with Crippen molar-refractivity contribution in [1.29, 1.82) is 0 Å². The van der Waals surface area contributed by atoms with Crippen molar-refractivity contribution in [2.24, 2.45) is 51.8 Å². The Hall–Kier alpha value is -0.780. The molecule has 0 heteroatoms. The van der Waals surface area contributed by atoms with Crippen LogP contribution in [0.15, 0.2) is 36.0 Å². The molecule has 4 rings (SSSR count). The lowest BCUT2D eigenvalue weighted by molar-refractivity contribution is -0.0720. The zero-order chi connectivity index (χ0) is 44.0. The molecule has 0 amide bonds. The number of hydrogen-bond acceptors (Lipinski definition) is 0. The lowest BCUT2D eigenvalue weighted by Gasteiger charge is -2.60. The predicted molar refractivity (Wildman–Crippen MR) is 264 cm³/mol. The summed E-state index contributed by atoms with van der Waals surface area (Å²) in [5, 5.41) is 0. The van der Waals surface area contributed by atoms with Crippen LogP contribution in [0.25, 0.3) is 0 Å². The van der Waals surface area contributed by atoms with Crippen molar-refractivity contribution in [1.82, 2.24) is 0 Å². The Balaban J connectivity index is -0.000000928. The molecule has 3 saturated carbocycles. The molecule has 0 saturated heterocycles. The fourth-order valence-corrected chi connectivity index (χ4v) is 10.9. The lowest BCUT2D eigenvalue weighted by Crippen LogP contribution is -2.51. The molecular formula is C56H112. The molecule has 0 radical (unpaired) electrons. The van der Waals surface area contributed by atoms with Gasteiger partial charge in [0.1, 0.15) is 0 Å². The van der Waals surface area contributed by atoms with Crippen LogP contribution in [0.4, 0.5) is 0 Å². The van der Waals surface area contributed by atoms with Gasteiger partial charge in [-0.2, -0.15) is 0 Å². The minimum atomic E-state index is 0.506. The van der Waals surface area contributed by atoms with Gasteiger partial charge in [-0.3, -0.25) is 0 Å². The Morgan fingerprint density at radius 3 is 1.79 bits per heavy atom. The Kier molecular flexibility index (Phi) is 36.1. The molecule has 0 aliphatic heterocycles. The second kappa shape index (κ2) is 34.0. The maximum atomic E-state index is 4.21. The molecule has 0 bridgehead atoms. The van der Waals surface area contributed by atoms with Crippen LogP contribution in [0.2, 0.25) is 0 Å². The molecule has 0 heterocycles. The summed E-state index contributed by atoms with van der Waals surface area (Å²) in [5.74, 6) is 5.58. The molecule has 336 valence electrons. The molecule has 0 nitrogen and oxygen atoms in total. The molecule has 0 aromatic carbocycles. The first-order valence-corrected chi connectivity index (χ1v) is 25.7. The van der Waals surface area contributed by atoms with Crippen molar-refractivity contribution in [2.45, 2.75) is 273 Å². The van der Waals surface area contributed by atoms with Crippen LogP contribution in [0, 0.1) is 51.8 Å². The van der Waals surface area contributed by atoms with Crippen LogP contribution in [0.3, 0.4) is 0 Å². The minimum Gasteiger partial charge on any atom is -0.100 e. The van der Waals surface area contributed by atoms with Crippen molar-refractivity contribution in [3.05, 3.63) is 36.0 Å². The van der Waals surface area contributed by atoms with Gasteiger partial charge >= 0.3 is 0 Å². The van der Waals surface area contributed by atoms with Crippen LogP contribution in [0.5, 0.6) is 0 Å². The first-order valence-electron chi connectivity index (χ1n) is 25.7. The SMILES string of the molecule is C=C(C)CC1CCC2(C)C(=CCC3C2CCC2(C)C3CCC2(C)CCCCC(C)C)C1.C=C(C)CCCCCC.CC.CC.CC.CC.CCCCC(C)CC. The molecule has 0 spiro atoms. The maximum absolute atomic E-state index is 4.21. The Labute approximate surface area is 359 Å². The first-order chi connectivity index (χ1) is 26.7. The average molecular weight is 786 g/mol. The summed E-state index contributed by atoms with van der Waals surface area (Å²) in [6, 6.07) is 0. The average Bonchev–Trinajstić information content (AvgIpc) is 3.47. The molecule has 0 aromatic heterocycles. The Morgan fingerprint density at radius 2 is 1.27 bits per heavy atom. The standard InChI is InChI=1S/C31H52.C9H18.C8H18.4C2H6/c1-22(2)10-8-9-16-29(5)17-14-28-26-12-11-25-21-24(20-23(3)4)13-18-30(25,6)27(26)15-19-31(28,29)7;1-4-5-6-7-8-9(2)3;1-4-6-7-8(3)5-2;4*1-2/h11,22,24,26-28H,3,8-10,12-21H2,1-2,4-7H3;2,4-8H2,1,3H3;8H,4-7H2,1-3H3;4*1-2H3. The highest BCUT2D eigenvalue weighted by molar-refractivity contribution is 5.26. The summed E-state index contributed by atoms with van der Waals surface area (Å²) >= 11 is 0. The van der Waals surface area contributed by atoms with Crippen LogP contribution in [-0.2, 0) is 0 Å². The van der Waals surface area contributed by atoms with Gasteiger partial charge in [-0.15, -0.1) is 13.2 Å². The first kappa shape index (κ1) is 59.5. The molecule has 8 unspecified atom stereocenters. The zero-order valence-corrected chi connectivity index (χ0v) is 43.0. The molecule has 0 N–H and O–H groups in total. The van der Waals surface area contributed by atoms with Gasteiger partial charge in [-0.25, -0.2) is 0 Å². The summed E-state index contributed by atoms with van der Waals surface area (Å²) in [7, 11) is 0. The van der Waals surface area contributed by atoms with E-state index in [0.717, 1.165) is 35.5 Å². The van der Waals surface area contributed by atoms with Gasteiger partial charge < -0.3 is 0 Å². The van der Waals surface area contributed by atoms with E-state index in [1.165, 1.54) is 152 Å². The third-order valence-corrected chi connectivity index (χ3v) is 14.6. The molecule has 8 atom stereocenters. The van der Waals surface area contributed by atoms with E-state index in [-0.39, 0.29) is 0 Å². The van der Waals surface area contributed by atoms with Gasteiger partial charge in [-0.1, -0.05) is 205 Å². The third-order valence-electron chi connectivity index (χ3n) is 14.6. The van der Waals surface area contributed by atoms with Crippen LogP contribution < -0.4 is 0 Å². The maximum Gasteiger partial charge on any atom is -0.00851 e. The van der Waals surface area contributed by atoms with Gasteiger partial charge in [0.15, 0.2) is 0 Å². The summed E-state index contributed by atoms with van der Waals surface area (Å²) in [6.07, 6.45) is 33.6. The highest BCUT2D eigenvalue weighted by Crippen LogP contribution is 2.70. The largest absolute Gasteiger partial charge is 0.100 e. The van der Waals surface area contributed by atoms with E-state index in [9.17, 15) is 0 Å². The number of hydrogen-bond donors (Lipinski definition) is 0. The van der Waals surface area contributed by atoms with Crippen LogP contribution in [0.1, 0.15) is 273 Å². The van der Waals surface area contributed by atoms with Crippen molar-refractivity contribution in [2.75, 3.05) is 0 Å². The highest BCUT2D eigenvalue weighted by atomic mass is 14.7. The summed E-state index contributed by atoms with van der Waals surface area (Å²) in [5.41, 5.74) is 6.24. The smallest absolute Gasteiger partial charge is 0.00851 e. The third kappa shape index (κ3) is 20.0. The number of fused-ring (bicyclic) bond motifs is 5. The highest BCUT2D eigenvalue weighted by Gasteiger charge is 2.61. The normalized spacial score (nSPS) is 28.5. The Morgan fingerprint density at radius 1 is 0.679 bits per heavy atom. The molecule has 0 aromatic rings. The van der Waals surface area contributed by atoms with E-state index in [0.29, 0.717) is 16.2 Å². The minimum absolute atomic E-state index is 0.506. The monoisotopic (exact) mass is 785 g/mol. The van der Waals surface area contributed by atoms with E-state index in [1.807, 2.05) is 61.0 Å². The Bertz CT molecular complexity index is 965. The molecule has 4 aliphatic rings. The van der Waals surface area contributed by atoms with E-state index in [4.69, 9.17) is 0 Å². The molecular weight excluding hydrogens is 673 g/mol. The predicted octanol–water partition coefficient (Wildman–Crippen LogP) is 20.6.